The summed E-state index contributed by atoms with van der Waals surface area (Å²) < 4.78 is 25.9. The fraction of sp³-hybridized carbons (Fsp3) is 0.538. The van der Waals surface area contributed by atoms with E-state index in [0.29, 0.717) is 10.8 Å². The Balaban J connectivity index is 2.27. The van der Waals surface area contributed by atoms with Crippen molar-refractivity contribution in [2.24, 2.45) is 0 Å². The van der Waals surface area contributed by atoms with Crippen LogP contribution in [0.4, 0.5) is 0 Å². The molecule has 4 heteroatoms. The molecule has 0 heterocycles. The lowest BCUT2D eigenvalue weighted by Gasteiger charge is -2.16. The summed E-state index contributed by atoms with van der Waals surface area (Å²) in [7, 11) is -1.61. The van der Waals surface area contributed by atoms with Crippen LogP contribution in [-0.4, -0.2) is 25.8 Å². The predicted octanol–water partition coefficient (Wildman–Crippen LogP) is 2.59. The third-order valence-corrected chi connectivity index (χ3v) is 5.21. The molecule has 1 saturated carbocycles. The molecule has 3 nitrogen and oxygen atoms in total. The van der Waals surface area contributed by atoms with Crippen molar-refractivity contribution >= 4 is 10.0 Å². The molecule has 2 rings (SSSR count). The van der Waals surface area contributed by atoms with E-state index in [4.69, 9.17) is 0 Å². The molecule has 1 aromatic rings. The largest absolute Gasteiger partial charge is 0.243 e. The van der Waals surface area contributed by atoms with Crippen molar-refractivity contribution in [2.45, 2.75) is 43.5 Å². The molecule has 1 aliphatic rings. The van der Waals surface area contributed by atoms with Gasteiger partial charge in [0.05, 0.1) is 4.90 Å². The lowest BCUT2D eigenvalue weighted by molar-refractivity contribution is 0.464. The molecule has 0 aromatic heterocycles. The molecule has 0 N–H and O–H groups in total. The molecule has 0 saturated heterocycles. The zero-order chi connectivity index (χ0) is 12.6. The van der Waals surface area contributed by atoms with E-state index in [9.17, 15) is 8.42 Å². The summed E-state index contributed by atoms with van der Waals surface area (Å²) in [5.74, 6) is 0.424. The molecule has 1 aromatic carbocycles. The highest BCUT2D eigenvalue weighted by Gasteiger charge is 2.34. The molecule has 0 amide bonds. The fourth-order valence-corrected chi connectivity index (χ4v) is 3.24. The molecule has 0 unspecified atom stereocenters. The van der Waals surface area contributed by atoms with Gasteiger partial charge in [-0.1, -0.05) is 26.0 Å². The van der Waals surface area contributed by atoms with E-state index in [0.717, 1.165) is 18.4 Å². The van der Waals surface area contributed by atoms with Crippen LogP contribution in [0.15, 0.2) is 29.2 Å². The molecule has 1 fully saturated rings. The standard InChI is InChI=1S/C13H19NO2S/c1-10(2)11-4-8-13(9-5-11)17(15,16)14(3)12-6-7-12/h4-5,8-10,12H,6-7H2,1-3H3. The number of sulfonamides is 1. The Kier molecular flexibility index (Phi) is 3.27. The zero-order valence-electron chi connectivity index (χ0n) is 10.6. The Labute approximate surface area is 104 Å². The van der Waals surface area contributed by atoms with Gasteiger partial charge in [0.25, 0.3) is 0 Å². The second-order valence-corrected chi connectivity index (χ2v) is 6.97. The minimum atomic E-state index is -3.28. The van der Waals surface area contributed by atoms with Crippen molar-refractivity contribution in [3.05, 3.63) is 29.8 Å². The first-order chi connectivity index (χ1) is 7.93. The van der Waals surface area contributed by atoms with E-state index >= 15 is 0 Å². The Morgan fingerprint density at radius 3 is 2.12 bits per heavy atom. The Bertz CT molecular complexity index is 487. The topological polar surface area (TPSA) is 37.4 Å². The summed E-state index contributed by atoms with van der Waals surface area (Å²) in [6.07, 6.45) is 1.97. The first-order valence-electron chi connectivity index (χ1n) is 6.01. The zero-order valence-corrected chi connectivity index (χ0v) is 11.4. The first kappa shape index (κ1) is 12.6. The maximum absolute atomic E-state index is 12.2. The average Bonchev–Trinajstić information content (AvgIpc) is 3.12. The van der Waals surface area contributed by atoms with Crippen molar-refractivity contribution in [1.82, 2.24) is 4.31 Å². The van der Waals surface area contributed by atoms with Gasteiger partial charge < -0.3 is 0 Å². The van der Waals surface area contributed by atoms with Crippen LogP contribution in [-0.2, 0) is 10.0 Å². The SMILES string of the molecule is CC(C)c1ccc(S(=O)(=O)N(C)C2CC2)cc1. The smallest absolute Gasteiger partial charge is 0.207 e. The molecular weight excluding hydrogens is 234 g/mol. The van der Waals surface area contributed by atoms with Crippen molar-refractivity contribution < 1.29 is 8.42 Å². The van der Waals surface area contributed by atoms with Crippen LogP contribution in [0.25, 0.3) is 0 Å². The summed E-state index contributed by atoms with van der Waals surface area (Å²) in [4.78, 5) is 0.399. The second kappa shape index (κ2) is 4.42. The van der Waals surface area contributed by atoms with Gasteiger partial charge in [0.1, 0.15) is 0 Å². The van der Waals surface area contributed by atoms with E-state index in [1.165, 1.54) is 4.31 Å². The van der Waals surface area contributed by atoms with Crippen LogP contribution in [0, 0.1) is 0 Å². The van der Waals surface area contributed by atoms with Crippen molar-refractivity contribution in [3.63, 3.8) is 0 Å². The molecule has 0 bridgehead atoms. The summed E-state index contributed by atoms with van der Waals surface area (Å²) in [5, 5.41) is 0. The summed E-state index contributed by atoms with van der Waals surface area (Å²) in [6.45, 7) is 4.19. The minimum absolute atomic E-state index is 0.213. The number of hydrogen-bond donors (Lipinski definition) is 0. The molecule has 17 heavy (non-hydrogen) atoms. The highest BCUT2D eigenvalue weighted by Crippen LogP contribution is 2.30. The van der Waals surface area contributed by atoms with Gasteiger partial charge in [0.15, 0.2) is 0 Å². The van der Waals surface area contributed by atoms with Gasteiger partial charge in [-0.15, -0.1) is 0 Å². The third kappa shape index (κ3) is 2.53. The minimum Gasteiger partial charge on any atom is -0.207 e. The molecule has 1 aliphatic carbocycles. The van der Waals surface area contributed by atoms with Gasteiger partial charge >= 0.3 is 0 Å². The normalized spacial score (nSPS) is 16.8. The van der Waals surface area contributed by atoms with Gasteiger partial charge in [0, 0.05) is 13.1 Å². The third-order valence-electron chi connectivity index (χ3n) is 3.28. The van der Waals surface area contributed by atoms with Crippen molar-refractivity contribution in [2.75, 3.05) is 7.05 Å². The molecule has 0 radical (unpaired) electrons. The van der Waals surface area contributed by atoms with Crippen molar-refractivity contribution in [1.29, 1.82) is 0 Å². The van der Waals surface area contributed by atoms with E-state index in [1.54, 1.807) is 19.2 Å². The Hall–Kier alpha value is -0.870. The Morgan fingerprint density at radius 2 is 1.71 bits per heavy atom. The number of benzene rings is 1. The second-order valence-electron chi connectivity index (χ2n) is 4.98. The van der Waals surface area contributed by atoms with Crippen LogP contribution in [0.1, 0.15) is 38.2 Å². The monoisotopic (exact) mass is 253 g/mol. The lowest BCUT2D eigenvalue weighted by atomic mass is 10.0. The molecular formula is C13H19NO2S. The van der Waals surface area contributed by atoms with Crippen LogP contribution in [0.3, 0.4) is 0 Å². The van der Waals surface area contributed by atoms with Crippen LogP contribution in [0.5, 0.6) is 0 Å². The van der Waals surface area contributed by atoms with Crippen LogP contribution >= 0.6 is 0 Å². The highest BCUT2D eigenvalue weighted by atomic mass is 32.2. The van der Waals surface area contributed by atoms with Gasteiger partial charge in [0.2, 0.25) is 10.0 Å². The fourth-order valence-electron chi connectivity index (χ4n) is 1.83. The van der Waals surface area contributed by atoms with E-state index < -0.39 is 10.0 Å². The number of hydrogen-bond acceptors (Lipinski definition) is 2. The maximum Gasteiger partial charge on any atom is 0.243 e. The molecule has 0 spiro atoms. The van der Waals surface area contributed by atoms with E-state index in [-0.39, 0.29) is 6.04 Å². The highest BCUT2D eigenvalue weighted by molar-refractivity contribution is 7.89. The predicted molar refractivity (Wildman–Crippen MR) is 68.5 cm³/mol. The maximum atomic E-state index is 12.2. The number of rotatable bonds is 4. The molecule has 0 atom stereocenters. The summed E-state index contributed by atoms with van der Waals surface area (Å²) >= 11 is 0. The lowest BCUT2D eigenvalue weighted by Crippen LogP contribution is -2.28. The van der Waals surface area contributed by atoms with Gasteiger partial charge in [-0.3, -0.25) is 0 Å². The Morgan fingerprint density at radius 1 is 1.18 bits per heavy atom. The summed E-state index contributed by atoms with van der Waals surface area (Å²) in [5.41, 5.74) is 1.16. The van der Waals surface area contributed by atoms with Crippen molar-refractivity contribution in [3.8, 4) is 0 Å². The van der Waals surface area contributed by atoms with Crippen LogP contribution < -0.4 is 0 Å². The van der Waals surface area contributed by atoms with Gasteiger partial charge in [-0.25, -0.2) is 8.42 Å². The van der Waals surface area contributed by atoms with Gasteiger partial charge in [-0.05, 0) is 36.5 Å². The van der Waals surface area contributed by atoms with Gasteiger partial charge in [-0.2, -0.15) is 4.31 Å². The average molecular weight is 253 g/mol. The van der Waals surface area contributed by atoms with E-state index in [1.807, 2.05) is 12.1 Å². The molecule has 94 valence electrons. The first-order valence-corrected chi connectivity index (χ1v) is 7.45. The summed E-state index contributed by atoms with van der Waals surface area (Å²) in [6, 6.07) is 7.44. The number of nitrogens with zero attached hydrogens (tertiary/aromatic N) is 1. The quantitative estimate of drug-likeness (QED) is 0.827. The molecule has 0 aliphatic heterocycles. The van der Waals surface area contributed by atoms with Crippen LogP contribution in [0.2, 0.25) is 0 Å². The van der Waals surface area contributed by atoms with E-state index in [2.05, 4.69) is 13.8 Å².